The van der Waals surface area contributed by atoms with Crippen molar-refractivity contribution < 1.29 is 23.9 Å². The monoisotopic (exact) mass is 409 g/mol. The molecule has 0 aromatic heterocycles. The molecule has 0 radical (unpaired) electrons. The van der Waals surface area contributed by atoms with Crippen LogP contribution >= 0.6 is 0 Å². The van der Waals surface area contributed by atoms with Crippen LogP contribution in [0, 0.1) is 5.92 Å². The molecule has 1 aromatic rings. The Labute approximate surface area is 176 Å². The van der Waals surface area contributed by atoms with Crippen LogP contribution in [0.3, 0.4) is 0 Å². The van der Waals surface area contributed by atoms with Crippen molar-refractivity contribution in [2.75, 3.05) is 0 Å². The summed E-state index contributed by atoms with van der Waals surface area (Å²) in [7, 11) is 0. The third kappa shape index (κ3) is 4.04. The van der Waals surface area contributed by atoms with Gasteiger partial charge in [0.2, 0.25) is 0 Å². The van der Waals surface area contributed by atoms with Crippen molar-refractivity contribution in [1.29, 1.82) is 0 Å². The van der Waals surface area contributed by atoms with Crippen molar-refractivity contribution in [3.05, 3.63) is 52.9 Å². The largest absolute Gasteiger partial charge is 0.459 e. The number of nitrogens with one attached hydrogen (secondary N) is 1. The summed E-state index contributed by atoms with van der Waals surface area (Å²) in [6.07, 6.45) is 7.08. The fourth-order valence-corrected chi connectivity index (χ4v) is 4.77. The minimum absolute atomic E-state index is 0.0520. The fourth-order valence-electron chi connectivity index (χ4n) is 4.77. The van der Waals surface area contributed by atoms with Crippen molar-refractivity contribution in [2.45, 2.75) is 64.4 Å². The lowest BCUT2D eigenvalue weighted by molar-refractivity contribution is -0.144. The Balaban J connectivity index is 1.72. The molecule has 2 unspecified atom stereocenters. The number of allylic oxidation sites excluding steroid dienone is 3. The van der Waals surface area contributed by atoms with E-state index in [1.165, 1.54) is 6.92 Å². The van der Waals surface area contributed by atoms with E-state index in [9.17, 15) is 14.4 Å². The minimum Gasteiger partial charge on any atom is -0.459 e. The standard InChI is InChI=1S/C24H27NO5/c1-14-21(24(28)30-17-6-3-4-7-17)22(23-19(25-14)8-5-9-20(23)27)16-10-12-18(13-11-16)29-15(2)26/h8,10-13,17,22-23,25H,3-7,9H2,1-2H3. The molecule has 1 saturated carbocycles. The highest BCUT2D eigenvalue weighted by atomic mass is 16.5. The van der Waals surface area contributed by atoms with Crippen LogP contribution in [0.4, 0.5) is 0 Å². The number of benzene rings is 1. The molecule has 30 heavy (non-hydrogen) atoms. The third-order valence-electron chi connectivity index (χ3n) is 6.11. The van der Waals surface area contributed by atoms with Crippen molar-refractivity contribution in [3.8, 4) is 5.75 Å². The van der Waals surface area contributed by atoms with E-state index in [1.54, 1.807) is 12.1 Å². The van der Waals surface area contributed by atoms with E-state index >= 15 is 0 Å². The molecule has 1 N–H and O–H groups in total. The SMILES string of the molecule is CC(=O)Oc1ccc(C2C(C(=O)OC3CCCC3)=C(C)NC3=CCCC(=O)C32)cc1. The van der Waals surface area contributed by atoms with E-state index in [2.05, 4.69) is 11.4 Å². The van der Waals surface area contributed by atoms with Gasteiger partial charge in [0.15, 0.2) is 0 Å². The lowest BCUT2D eigenvalue weighted by atomic mass is 9.71. The van der Waals surface area contributed by atoms with Gasteiger partial charge in [-0.3, -0.25) is 9.59 Å². The quantitative estimate of drug-likeness (QED) is 0.600. The molecule has 1 fully saturated rings. The number of ether oxygens (including phenoxy) is 2. The molecular weight excluding hydrogens is 382 g/mol. The highest BCUT2D eigenvalue weighted by Crippen LogP contribution is 2.44. The predicted octanol–water partition coefficient (Wildman–Crippen LogP) is 3.92. The molecule has 4 rings (SSSR count). The normalized spacial score (nSPS) is 24.1. The van der Waals surface area contributed by atoms with Crippen LogP contribution in [0.2, 0.25) is 0 Å². The molecule has 3 aliphatic rings. The smallest absolute Gasteiger partial charge is 0.336 e. The van der Waals surface area contributed by atoms with E-state index in [4.69, 9.17) is 9.47 Å². The molecule has 6 nitrogen and oxygen atoms in total. The van der Waals surface area contributed by atoms with E-state index in [1.807, 2.05) is 19.1 Å². The van der Waals surface area contributed by atoms with E-state index in [0.29, 0.717) is 24.2 Å². The predicted molar refractivity (Wildman–Crippen MR) is 110 cm³/mol. The highest BCUT2D eigenvalue weighted by Gasteiger charge is 2.43. The van der Waals surface area contributed by atoms with Gasteiger partial charge < -0.3 is 14.8 Å². The molecule has 6 heteroatoms. The van der Waals surface area contributed by atoms with Crippen LogP contribution in [0.25, 0.3) is 0 Å². The summed E-state index contributed by atoms with van der Waals surface area (Å²) in [5, 5.41) is 3.29. The zero-order chi connectivity index (χ0) is 21.3. The second-order valence-corrected chi connectivity index (χ2v) is 8.26. The molecule has 0 spiro atoms. The van der Waals surface area contributed by atoms with Crippen LogP contribution in [-0.4, -0.2) is 23.8 Å². The minimum atomic E-state index is -0.437. The van der Waals surface area contributed by atoms with Gasteiger partial charge in [-0.25, -0.2) is 4.79 Å². The Morgan fingerprint density at radius 3 is 2.43 bits per heavy atom. The maximum absolute atomic E-state index is 13.2. The first kappa shape index (κ1) is 20.4. The Morgan fingerprint density at radius 1 is 1.07 bits per heavy atom. The Kier molecular flexibility index (Phi) is 5.75. The van der Waals surface area contributed by atoms with Crippen molar-refractivity contribution in [1.82, 2.24) is 5.32 Å². The van der Waals surface area contributed by atoms with Gasteiger partial charge in [0.05, 0.1) is 11.5 Å². The number of carbonyl (C=O) groups excluding carboxylic acids is 3. The molecule has 2 aliphatic carbocycles. The number of carbonyl (C=O) groups is 3. The number of ketones is 1. The van der Waals surface area contributed by atoms with Gasteiger partial charge in [-0.1, -0.05) is 18.2 Å². The summed E-state index contributed by atoms with van der Waals surface area (Å²) in [6.45, 7) is 3.21. The lowest BCUT2D eigenvalue weighted by Gasteiger charge is -2.38. The lowest BCUT2D eigenvalue weighted by Crippen LogP contribution is -2.41. The van der Waals surface area contributed by atoms with E-state index in [0.717, 1.165) is 42.6 Å². The van der Waals surface area contributed by atoms with Gasteiger partial charge in [0, 0.05) is 30.7 Å². The topological polar surface area (TPSA) is 81.7 Å². The number of Topliss-reactive ketones (excluding diaryl/α,β-unsaturated/α-hetero) is 1. The average molecular weight is 409 g/mol. The van der Waals surface area contributed by atoms with Gasteiger partial charge >= 0.3 is 11.9 Å². The van der Waals surface area contributed by atoms with Gasteiger partial charge in [-0.15, -0.1) is 0 Å². The molecule has 1 aliphatic heterocycles. The van der Waals surface area contributed by atoms with Crippen LogP contribution < -0.4 is 10.1 Å². The van der Waals surface area contributed by atoms with Crippen molar-refractivity contribution in [3.63, 3.8) is 0 Å². The first-order chi connectivity index (χ1) is 14.4. The summed E-state index contributed by atoms with van der Waals surface area (Å²) >= 11 is 0. The maximum Gasteiger partial charge on any atom is 0.336 e. The van der Waals surface area contributed by atoms with E-state index in [-0.39, 0.29) is 17.9 Å². The Bertz CT molecular complexity index is 921. The maximum atomic E-state index is 13.2. The summed E-state index contributed by atoms with van der Waals surface area (Å²) in [5.74, 6) is -1.06. The zero-order valence-electron chi connectivity index (χ0n) is 17.4. The molecule has 1 heterocycles. The number of hydrogen-bond donors (Lipinski definition) is 1. The van der Waals surface area contributed by atoms with Gasteiger partial charge in [0.1, 0.15) is 17.6 Å². The van der Waals surface area contributed by atoms with Gasteiger partial charge in [-0.05, 0) is 56.7 Å². The Morgan fingerprint density at radius 2 is 1.77 bits per heavy atom. The number of rotatable bonds is 4. The van der Waals surface area contributed by atoms with Crippen LogP contribution in [0.1, 0.15) is 63.9 Å². The second kappa shape index (κ2) is 8.46. The zero-order valence-corrected chi connectivity index (χ0v) is 17.4. The van der Waals surface area contributed by atoms with Crippen LogP contribution in [-0.2, 0) is 19.1 Å². The summed E-state index contributed by atoms with van der Waals surface area (Å²) in [6, 6.07) is 7.04. The number of fused-ring (bicyclic) bond motifs is 1. The van der Waals surface area contributed by atoms with Crippen LogP contribution in [0.5, 0.6) is 5.75 Å². The first-order valence-corrected chi connectivity index (χ1v) is 10.6. The molecule has 0 bridgehead atoms. The van der Waals surface area contributed by atoms with Crippen molar-refractivity contribution in [2.24, 2.45) is 5.92 Å². The van der Waals surface area contributed by atoms with Crippen LogP contribution in [0.15, 0.2) is 47.3 Å². The first-order valence-electron chi connectivity index (χ1n) is 10.6. The van der Waals surface area contributed by atoms with Gasteiger partial charge in [-0.2, -0.15) is 0 Å². The summed E-state index contributed by atoms with van der Waals surface area (Å²) in [4.78, 5) is 37.4. The van der Waals surface area contributed by atoms with Gasteiger partial charge in [0.25, 0.3) is 0 Å². The Hall–Kier alpha value is -2.89. The molecule has 158 valence electrons. The molecule has 2 atom stereocenters. The number of hydrogen-bond acceptors (Lipinski definition) is 6. The molecular formula is C24H27NO5. The second-order valence-electron chi connectivity index (χ2n) is 8.26. The van der Waals surface area contributed by atoms with Crippen molar-refractivity contribution >= 4 is 17.7 Å². The fraction of sp³-hybridized carbons (Fsp3) is 0.458. The molecule has 0 amide bonds. The number of esters is 2. The summed E-state index contributed by atoms with van der Waals surface area (Å²) < 4.78 is 11.0. The average Bonchev–Trinajstić information content (AvgIpc) is 3.20. The molecule has 0 saturated heterocycles. The molecule has 1 aromatic carbocycles. The highest BCUT2D eigenvalue weighted by molar-refractivity contribution is 5.96. The van der Waals surface area contributed by atoms with E-state index < -0.39 is 17.8 Å². The summed E-state index contributed by atoms with van der Waals surface area (Å²) in [5.41, 5.74) is 2.93. The third-order valence-corrected chi connectivity index (χ3v) is 6.11.